The molecule has 0 aliphatic rings. The number of rotatable bonds is 6. The van der Waals surface area contributed by atoms with Crippen LogP contribution >= 0.6 is 12.2 Å². The molecule has 0 saturated heterocycles. The number of hydrogen-bond acceptors (Lipinski definition) is 3. The average Bonchev–Trinajstić information content (AvgIpc) is 3.21. The normalized spacial score (nSPS) is 11.0. The number of nitrogens with one attached hydrogen (secondary N) is 2. The molecule has 0 aliphatic carbocycles. The molecular formula is C27H32N6S. The van der Waals surface area contributed by atoms with Gasteiger partial charge in [-0.25, -0.2) is 0 Å². The molecule has 0 radical (unpaired) electrons. The van der Waals surface area contributed by atoms with E-state index in [0.717, 1.165) is 47.2 Å². The summed E-state index contributed by atoms with van der Waals surface area (Å²) in [6.07, 6.45) is 0. The Kier molecular flexibility index (Phi) is 6.84. The zero-order valence-electron chi connectivity index (χ0n) is 20.7. The molecule has 2 aromatic carbocycles. The summed E-state index contributed by atoms with van der Waals surface area (Å²) in [7, 11) is 0. The molecule has 2 N–H and O–H groups in total. The largest absolute Gasteiger partial charge is 0.329 e. The summed E-state index contributed by atoms with van der Waals surface area (Å²) in [5, 5.41) is 16.7. The van der Waals surface area contributed by atoms with Crippen LogP contribution in [0.25, 0.3) is 0 Å². The van der Waals surface area contributed by atoms with Crippen molar-refractivity contribution in [2.45, 2.75) is 54.6 Å². The molecule has 0 saturated carbocycles. The summed E-state index contributed by atoms with van der Waals surface area (Å²) in [5.41, 5.74) is 10.7. The Morgan fingerprint density at radius 2 is 1.00 bits per heavy atom. The first-order chi connectivity index (χ1) is 16.2. The summed E-state index contributed by atoms with van der Waals surface area (Å²) < 4.78 is 4.03. The van der Waals surface area contributed by atoms with Gasteiger partial charge < -0.3 is 10.6 Å². The quantitative estimate of drug-likeness (QED) is 0.346. The van der Waals surface area contributed by atoms with E-state index >= 15 is 0 Å². The fourth-order valence-corrected chi connectivity index (χ4v) is 4.26. The number of aromatic nitrogens is 4. The molecule has 4 rings (SSSR count). The number of thiocarbonyl (C=S) groups is 1. The lowest BCUT2D eigenvalue weighted by Crippen LogP contribution is -2.21. The van der Waals surface area contributed by atoms with Gasteiger partial charge in [-0.1, -0.05) is 59.7 Å². The Balaban J connectivity index is 1.46. The van der Waals surface area contributed by atoms with Gasteiger partial charge in [-0.2, -0.15) is 10.2 Å². The van der Waals surface area contributed by atoms with Gasteiger partial charge in [0.15, 0.2) is 5.11 Å². The van der Waals surface area contributed by atoms with E-state index in [1.807, 2.05) is 23.2 Å². The number of benzene rings is 2. The first kappa shape index (κ1) is 23.7. The summed E-state index contributed by atoms with van der Waals surface area (Å²) in [4.78, 5) is 0. The second-order valence-electron chi connectivity index (χ2n) is 8.96. The van der Waals surface area contributed by atoms with E-state index in [0.29, 0.717) is 5.11 Å². The lowest BCUT2D eigenvalue weighted by atomic mass is 10.1. The topological polar surface area (TPSA) is 59.7 Å². The van der Waals surface area contributed by atoms with Crippen molar-refractivity contribution in [3.63, 3.8) is 0 Å². The molecule has 0 unspecified atom stereocenters. The van der Waals surface area contributed by atoms with Crippen LogP contribution < -0.4 is 10.6 Å². The van der Waals surface area contributed by atoms with Gasteiger partial charge >= 0.3 is 0 Å². The van der Waals surface area contributed by atoms with Gasteiger partial charge in [0.2, 0.25) is 0 Å². The highest BCUT2D eigenvalue weighted by molar-refractivity contribution is 7.80. The van der Waals surface area contributed by atoms with Crippen molar-refractivity contribution >= 4 is 28.7 Å². The third-order valence-electron chi connectivity index (χ3n) is 6.15. The molecule has 0 atom stereocenters. The van der Waals surface area contributed by atoms with Gasteiger partial charge in [-0.3, -0.25) is 9.36 Å². The van der Waals surface area contributed by atoms with Gasteiger partial charge in [0, 0.05) is 0 Å². The Labute approximate surface area is 207 Å². The van der Waals surface area contributed by atoms with Crippen molar-refractivity contribution < 1.29 is 0 Å². The maximum atomic E-state index is 5.67. The highest BCUT2D eigenvalue weighted by atomic mass is 32.1. The molecule has 6 nitrogen and oxygen atoms in total. The van der Waals surface area contributed by atoms with Crippen LogP contribution in [0.2, 0.25) is 0 Å². The maximum Gasteiger partial charge on any atom is 0.175 e. The molecule has 2 heterocycles. The Morgan fingerprint density at radius 1 is 0.647 bits per heavy atom. The predicted octanol–water partition coefficient (Wildman–Crippen LogP) is 5.84. The summed E-state index contributed by atoms with van der Waals surface area (Å²) in [5.74, 6) is 0. The van der Waals surface area contributed by atoms with Crippen LogP contribution in [0.15, 0.2) is 48.5 Å². The monoisotopic (exact) mass is 472 g/mol. The third kappa shape index (κ3) is 5.20. The highest BCUT2D eigenvalue weighted by Gasteiger charge is 2.16. The van der Waals surface area contributed by atoms with Gasteiger partial charge in [0.05, 0.1) is 47.2 Å². The van der Waals surface area contributed by atoms with E-state index in [-0.39, 0.29) is 0 Å². The fraction of sp³-hybridized carbons (Fsp3) is 0.296. The van der Waals surface area contributed by atoms with E-state index in [1.54, 1.807) is 0 Å². The first-order valence-electron chi connectivity index (χ1n) is 11.5. The van der Waals surface area contributed by atoms with E-state index in [4.69, 9.17) is 22.4 Å². The Bertz CT molecular complexity index is 1210. The minimum absolute atomic E-state index is 0.530. The van der Waals surface area contributed by atoms with E-state index in [2.05, 4.69) is 86.9 Å². The fourth-order valence-electron chi connectivity index (χ4n) is 4.05. The smallest absolute Gasteiger partial charge is 0.175 e. The van der Waals surface area contributed by atoms with Crippen LogP contribution in [0.1, 0.15) is 45.0 Å². The van der Waals surface area contributed by atoms with Gasteiger partial charge in [-0.05, 0) is 64.9 Å². The molecule has 0 fully saturated rings. The molecule has 0 aliphatic heterocycles. The molecule has 0 amide bonds. The Hall–Kier alpha value is -3.45. The maximum absolute atomic E-state index is 5.67. The minimum atomic E-state index is 0.530. The second kappa shape index (κ2) is 9.81. The molecular weight excluding hydrogens is 440 g/mol. The number of nitrogens with zero attached hydrogens (tertiary/aromatic N) is 4. The molecule has 7 heteroatoms. The number of anilines is 2. The van der Waals surface area contributed by atoms with Crippen LogP contribution in [0.5, 0.6) is 0 Å². The van der Waals surface area contributed by atoms with Gasteiger partial charge in [0.1, 0.15) is 0 Å². The molecule has 34 heavy (non-hydrogen) atoms. The van der Waals surface area contributed by atoms with Crippen molar-refractivity contribution in [2.75, 3.05) is 10.6 Å². The second-order valence-corrected chi connectivity index (χ2v) is 9.37. The van der Waals surface area contributed by atoms with Crippen LogP contribution in [0.4, 0.5) is 11.4 Å². The van der Waals surface area contributed by atoms with Crippen molar-refractivity contribution in [1.29, 1.82) is 0 Å². The number of hydrogen-bond donors (Lipinski definition) is 2. The van der Waals surface area contributed by atoms with E-state index in [1.165, 1.54) is 22.3 Å². The summed E-state index contributed by atoms with van der Waals surface area (Å²) in [6, 6.07) is 17.1. The predicted molar refractivity (Wildman–Crippen MR) is 144 cm³/mol. The standard InChI is InChI=1S/C27H32N6S/c1-17-7-11-23(12-8-17)15-32-21(5)25(19(3)30-32)28-27(34)29-26-20(4)31-33(22(26)6)16-24-13-9-18(2)10-14-24/h7-14H,15-16H2,1-6H3,(H2,28,29,34). The van der Waals surface area contributed by atoms with E-state index < -0.39 is 0 Å². The lowest BCUT2D eigenvalue weighted by Gasteiger charge is -2.12. The van der Waals surface area contributed by atoms with E-state index in [9.17, 15) is 0 Å². The minimum Gasteiger partial charge on any atom is -0.329 e. The molecule has 2 aromatic heterocycles. The zero-order valence-corrected chi connectivity index (χ0v) is 21.5. The van der Waals surface area contributed by atoms with Crippen molar-refractivity contribution in [1.82, 2.24) is 19.6 Å². The SMILES string of the molecule is Cc1ccc(Cn2nc(C)c(NC(=S)Nc3c(C)nn(Cc4ccc(C)cc4)c3C)c2C)cc1. The summed E-state index contributed by atoms with van der Waals surface area (Å²) in [6.45, 7) is 13.8. The van der Waals surface area contributed by atoms with Gasteiger partial charge in [-0.15, -0.1) is 0 Å². The third-order valence-corrected chi connectivity index (χ3v) is 6.35. The van der Waals surface area contributed by atoms with Crippen LogP contribution in [0, 0.1) is 41.5 Å². The molecule has 4 aromatic rings. The molecule has 0 bridgehead atoms. The first-order valence-corrected chi connectivity index (χ1v) is 11.9. The lowest BCUT2D eigenvalue weighted by molar-refractivity contribution is 0.659. The van der Waals surface area contributed by atoms with Crippen LogP contribution in [-0.2, 0) is 13.1 Å². The molecule has 176 valence electrons. The molecule has 0 spiro atoms. The summed E-state index contributed by atoms with van der Waals surface area (Å²) >= 11 is 5.67. The van der Waals surface area contributed by atoms with Crippen molar-refractivity contribution in [3.8, 4) is 0 Å². The van der Waals surface area contributed by atoms with Crippen LogP contribution in [0.3, 0.4) is 0 Å². The van der Waals surface area contributed by atoms with Crippen molar-refractivity contribution in [3.05, 3.63) is 93.6 Å². The zero-order chi connectivity index (χ0) is 24.4. The number of aryl methyl sites for hydroxylation is 4. The Morgan fingerprint density at radius 3 is 1.35 bits per heavy atom. The van der Waals surface area contributed by atoms with Crippen molar-refractivity contribution in [2.24, 2.45) is 0 Å². The van der Waals surface area contributed by atoms with Gasteiger partial charge in [0.25, 0.3) is 0 Å². The average molecular weight is 473 g/mol. The highest BCUT2D eigenvalue weighted by Crippen LogP contribution is 2.24. The van der Waals surface area contributed by atoms with Crippen LogP contribution in [-0.4, -0.2) is 24.7 Å².